The summed E-state index contributed by atoms with van der Waals surface area (Å²) in [5.74, 6) is 0. The number of benzene rings is 1. The minimum absolute atomic E-state index is 0.161. The lowest BCUT2D eigenvalue weighted by Crippen LogP contribution is -2.40. The molecule has 0 bridgehead atoms. The van der Waals surface area contributed by atoms with E-state index < -0.39 is 16.1 Å². The number of carbonyl (C=O) groups is 1. The highest BCUT2D eigenvalue weighted by Gasteiger charge is 2.34. The maximum absolute atomic E-state index is 13.0. The zero-order valence-electron chi connectivity index (χ0n) is 14.4. The number of hydrazone groups is 1. The predicted molar refractivity (Wildman–Crippen MR) is 99.8 cm³/mol. The summed E-state index contributed by atoms with van der Waals surface area (Å²) in [6.45, 7) is 7.17. The van der Waals surface area contributed by atoms with Crippen LogP contribution in [-0.4, -0.2) is 30.9 Å². The van der Waals surface area contributed by atoms with Crippen LogP contribution in [0.2, 0.25) is 0 Å². The van der Waals surface area contributed by atoms with E-state index in [0.717, 1.165) is 9.98 Å². The molecule has 1 aliphatic rings. The van der Waals surface area contributed by atoms with Crippen molar-refractivity contribution in [3.63, 3.8) is 0 Å². The zero-order valence-corrected chi connectivity index (χ0v) is 15.2. The number of rotatable bonds is 7. The minimum atomic E-state index is -3.84. The first kappa shape index (κ1) is 18.9. The van der Waals surface area contributed by atoms with Crippen molar-refractivity contribution in [1.29, 1.82) is 0 Å². The van der Waals surface area contributed by atoms with E-state index in [0.29, 0.717) is 30.4 Å². The molecule has 0 aromatic heterocycles. The standard InChI is InChI=1S/C19H22N2O3S/c1-4-5-6-7-8-19-17(14-22)13-16(3)20-21(19)25(23,24)18-11-9-15(2)10-12-18/h4-6,9-14,19H,1,7-8H2,2-3H3/b6-5-/t19-/m1/s1. The first-order valence-electron chi connectivity index (χ1n) is 8.01. The lowest BCUT2D eigenvalue weighted by Gasteiger charge is -2.31. The largest absolute Gasteiger partial charge is 0.298 e. The van der Waals surface area contributed by atoms with Crippen molar-refractivity contribution in [2.75, 3.05) is 0 Å². The van der Waals surface area contributed by atoms with Gasteiger partial charge in [0.15, 0.2) is 0 Å². The second-order valence-corrected chi connectivity index (χ2v) is 7.65. The van der Waals surface area contributed by atoms with Gasteiger partial charge in [-0.2, -0.15) is 17.9 Å². The fraction of sp³-hybridized carbons (Fsp3) is 0.263. The molecular formula is C19H22N2O3S. The average molecular weight is 358 g/mol. The summed E-state index contributed by atoms with van der Waals surface area (Å²) >= 11 is 0. The molecule has 0 fully saturated rings. The number of allylic oxidation sites excluding steroid dienone is 4. The Labute approximate surface area is 149 Å². The molecule has 0 radical (unpaired) electrons. The van der Waals surface area contributed by atoms with E-state index in [1.807, 2.05) is 13.0 Å². The molecule has 2 rings (SSSR count). The Balaban J connectivity index is 2.41. The summed E-state index contributed by atoms with van der Waals surface area (Å²) in [4.78, 5) is 11.6. The van der Waals surface area contributed by atoms with Gasteiger partial charge in [-0.05, 0) is 44.9 Å². The number of aryl methyl sites for hydroxylation is 1. The van der Waals surface area contributed by atoms with Gasteiger partial charge in [0, 0.05) is 5.57 Å². The average Bonchev–Trinajstić information content (AvgIpc) is 2.59. The Hall–Kier alpha value is -2.47. The Morgan fingerprint density at radius 1 is 1.24 bits per heavy atom. The lowest BCUT2D eigenvalue weighted by atomic mass is 10.0. The van der Waals surface area contributed by atoms with Crippen molar-refractivity contribution in [1.82, 2.24) is 4.41 Å². The molecular weight excluding hydrogens is 336 g/mol. The first-order valence-corrected chi connectivity index (χ1v) is 9.45. The molecule has 1 atom stereocenters. The molecule has 1 aliphatic heterocycles. The number of hydrogen-bond acceptors (Lipinski definition) is 4. The number of sulfonamides is 1. The molecule has 1 heterocycles. The van der Waals surface area contributed by atoms with E-state index in [-0.39, 0.29) is 4.90 Å². The maximum atomic E-state index is 13.0. The van der Waals surface area contributed by atoms with Gasteiger partial charge in [0.05, 0.1) is 16.6 Å². The highest BCUT2D eigenvalue weighted by molar-refractivity contribution is 7.89. The van der Waals surface area contributed by atoms with Crippen molar-refractivity contribution in [3.05, 3.63) is 66.3 Å². The SMILES string of the molecule is C=C/C=C\CC[C@@H]1C(C=O)=CC(C)=NN1S(=O)(=O)c1ccc(C)cc1. The quantitative estimate of drug-likeness (QED) is 0.554. The van der Waals surface area contributed by atoms with Crippen LogP contribution in [0.4, 0.5) is 0 Å². The van der Waals surface area contributed by atoms with Crippen LogP contribution in [0.1, 0.15) is 25.3 Å². The van der Waals surface area contributed by atoms with Crippen LogP contribution in [0.5, 0.6) is 0 Å². The van der Waals surface area contributed by atoms with Crippen molar-refractivity contribution in [2.24, 2.45) is 5.10 Å². The fourth-order valence-corrected chi connectivity index (χ4v) is 4.09. The number of hydrogen-bond donors (Lipinski definition) is 0. The van der Waals surface area contributed by atoms with Gasteiger partial charge in [-0.3, -0.25) is 4.79 Å². The second-order valence-electron chi connectivity index (χ2n) is 5.85. The molecule has 0 spiro atoms. The molecule has 0 saturated carbocycles. The molecule has 25 heavy (non-hydrogen) atoms. The fourth-order valence-electron chi connectivity index (χ4n) is 2.59. The third kappa shape index (κ3) is 4.33. The summed E-state index contributed by atoms with van der Waals surface area (Å²) in [5, 5.41) is 4.21. The van der Waals surface area contributed by atoms with Crippen LogP contribution in [0, 0.1) is 6.92 Å². The molecule has 0 saturated heterocycles. The zero-order chi connectivity index (χ0) is 18.4. The van der Waals surface area contributed by atoms with Crippen LogP contribution >= 0.6 is 0 Å². The van der Waals surface area contributed by atoms with E-state index in [4.69, 9.17) is 0 Å². The lowest BCUT2D eigenvalue weighted by molar-refractivity contribution is -0.105. The Kier molecular flexibility index (Phi) is 6.09. The van der Waals surface area contributed by atoms with Crippen molar-refractivity contribution in [3.8, 4) is 0 Å². The van der Waals surface area contributed by atoms with Gasteiger partial charge < -0.3 is 0 Å². The predicted octanol–water partition coefficient (Wildman–Crippen LogP) is 3.39. The molecule has 1 aromatic carbocycles. The molecule has 0 aliphatic carbocycles. The summed E-state index contributed by atoms with van der Waals surface area (Å²) < 4.78 is 27.2. The molecule has 0 N–H and O–H groups in total. The molecule has 0 amide bonds. The van der Waals surface area contributed by atoms with Gasteiger partial charge in [0.1, 0.15) is 6.29 Å². The summed E-state index contributed by atoms with van der Waals surface area (Å²) in [6.07, 6.45) is 8.74. The van der Waals surface area contributed by atoms with Gasteiger partial charge in [-0.1, -0.05) is 42.5 Å². The summed E-state index contributed by atoms with van der Waals surface area (Å²) in [7, 11) is -3.84. The van der Waals surface area contributed by atoms with Gasteiger partial charge in [0.2, 0.25) is 0 Å². The highest BCUT2D eigenvalue weighted by atomic mass is 32.2. The van der Waals surface area contributed by atoms with Crippen molar-refractivity contribution >= 4 is 22.0 Å². The molecule has 6 heteroatoms. The highest BCUT2D eigenvalue weighted by Crippen LogP contribution is 2.28. The number of nitrogens with zero attached hydrogens (tertiary/aromatic N) is 2. The van der Waals surface area contributed by atoms with Crippen LogP contribution in [0.3, 0.4) is 0 Å². The normalized spacial score (nSPS) is 18.0. The van der Waals surface area contributed by atoms with Crippen LogP contribution in [-0.2, 0) is 14.8 Å². The van der Waals surface area contributed by atoms with Crippen LogP contribution in [0.15, 0.2) is 70.7 Å². The van der Waals surface area contributed by atoms with E-state index in [1.165, 1.54) is 0 Å². The van der Waals surface area contributed by atoms with Gasteiger partial charge in [-0.25, -0.2) is 0 Å². The molecule has 0 unspecified atom stereocenters. The van der Waals surface area contributed by atoms with Gasteiger partial charge >= 0.3 is 0 Å². The third-order valence-corrected chi connectivity index (χ3v) is 5.56. The first-order chi connectivity index (χ1) is 11.9. The summed E-state index contributed by atoms with van der Waals surface area (Å²) in [6, 6.07) is 5.98. The third-order valence-electron chi connectivity index (χ3n) is 3.86. The van der Waals surface area contributed by atoms with Crippen molar-refractivity contribution in [2.45, 2.75) is 37.6 Å². The topological polar surface area (TPSA) is 66.8 Å². The number of carbonyl (C=O) groups excluding carboxylic acids is 1. The Bertz CT molecular complexity index is 834. The van der Waals surface area contributed by atoms with E-state index in [1.54, 1.807) is 49.4 Å². The van der Waals surface area contributed by atoms with E-state index >= 15 is 0 Å². The molecule has 1 aromatic rings. The van der Waals surface area contributed by atoms with Gasteiger partial charge in [-0.15, -0.1) is 0 Å². The van der Waals surface area contributed by atoms with Crippen LogP contribution in [0.25, 0.3) is 0 Å². The van der Waals surface area contributed by atoms with E-state index in [2.05, 4.69) is 11.7 Å². The smallest absolute Gasteiger partial charge is 0.279 e. The summed E-state index contributed by atoms with van der Waals surface area (Å²) in [5.41, 5.74) is 1.86. The van der Waals surface area contributed by atoms with Gasteiger partial charge in [0.25, 0.3) is 10.0 Å². The Morgan fingerprint density at radius 3 is 2.52 bits per heavy atom. The minimum Gasteiger partial charge on any atom is -0.298 e. The number of aldehydes is 1. The van der Waals surface area contributed by atoms with Crippen molar-refractivity contribution < 1.29 is 13.2 Å². The Morgan fingerprint density at radius 2 is 1.92 bits per heavy atom. The van der Waals surface area contributed by atoms with Crippen LogP contribution < -0.4 is 0 Å². The monoisotopic (exact) mass is 358 g/mol. The maximum Gasteiger partial charge on any atom is 0.279 e. The second kappa shape index (κ2) is 8.07. The molecule has 132 valence electrons. The molecule has 5 nitrogen and oxygen atoms in total. The van der Waals surface area contributed by atoms with E-state index in [9.17, 15) is 13.2 Å².